The lowest BCUT2D eigenvalue weighted by Gasteiger charge is -2.16. The fourth-order valence-corrected chi connectivity index (χ4v) is 3.89. The number of methoxy groups -OCH3 is 1. The lowest BCUT2D eigenvalue weighted by molar-refractivity contribution is -0.120. The van der Waals surface area contributed by atoms with E-state index < -0.39 is 17.8 Å². The highest BCUT2D eigenvalue weighted by molar-refractivity contribution is 6.53. The van der Waals surface area contributed by atoms with Gasteiger partial charge in [0.2, 0.25) is 5.91 Å². The summed E-state index contributed by atoms with van der Waals surface area (Å²) in [7, 11) is 1.24. The van der Waals surface area contributed by atoms with Crippen molar-refractivity contribution in [1.29, 1.82) is 0 Å². The fraction of sp³-hybridized carbons (Fsp3) is 0.111. The minimum absolute atomic E-state index is 0.0878. The van der Waals surface area contributed by atoms with Crippen molar-refractivity contribution < 1.29 is 23.9 Å². The number of nitrogens with zero attached hydrogens (tertiary/aromatic N) is 1. The van der Waals surface area contributed by atoms with E-state index in [-0.39, 0.29) is 34.3 Å². The number of carbonyl (C=O) groups is 4. The average Bonchev–Trinajstić information content (AvgIpc) is 3.09. The number of rotatable bonds is 7. The number of nitrogens with one attached hydrogen (secondary N) is 2. The van der Waals surface area contributed by atoms with E-state index in [9.17, 15) is 19.2 Å². The standard InChI is InChI=1S/C27H22ClN3O5/c1-16-6-3-4-9-21(16)30-22(32)14-17-10-12-19(13-11-17)29-24-23(28)25(33)31(26(24)34)20-8-5-7-18(15-20)27(35)36-2/h3-13,15,29H,14H2,1-2H3,(H,30,32). The van der Waals surface area contributed by atoms with Gasteiger partial charge < -0.3 is 15.4 Å². The predicted octanol–water partition coefficient (Wildman–Crippen LogP) is 4.40. The average molecular weight is 504 g/mol. The second-order valence-electron chi connectivity index (χ2n) is 8.04. The second kappa shape index (κ2) is 10.5. The molecule has 0 bridgehead atoms. The third kappa shape index (κ3) is 5.13. The zero-order valence-electron chi connectivity index (χ0n) is 19.5. The van der Waals surface area contributed by atoms with E-state index in [4.69, 9.17) is 16.3 Å². The van der Waals surface area contributed by atoms with Crippen molar-refractivity contribution in [3.8, 4) is 0 Å². The molecule has 182 valence electrons. The van der Waals surface area contributed by atoms with Gasteiger partial charge in [-0.25, -0.2) is 9.69 Å². The van der Waals surface area contributed by atoms with Gasteiger partial charge in [0.25, 0.3) is 11.8 Å². The van der Waals surface area contributed by atoms with Crippen molar-refractivity contribution in [3.63, 3.8) is 0 Å². The molecule has 1 aliphatic rings. The Bertz CT molecular complexity index is 1400. The number of imide groups is 1. The molecular formula is C27H22ClN3O5. The highest BCUT2D eigenvalue weighted by Crippen LogP contribution is 2.30. The Morgan fingerprint density at radius 2 is 1.67 bits per heavy atom. The molecule has 0 spiro atoms. The van der Waals surface area contributed by atoms with Crippen molar-refractivity contribution in [3.05, 3.63) is 100 Å². The maximum absolute atomic E-state index is 13.0. The number of para-hydroxylation sites is 1. The van der Waals surface area contributed by atoms with Crippen molar-refractivity contribution in [2.75, 3.05) is 22.6 Å². The number of hydrogen-bond acceptors (Lipinski definition) is 6. The smallest absolute Gasteiger partial charge is 0.337 e. The van der Waals surface area contributed by atoms with Gasteiger partial charge in [-0.15, -0.1) is 0 Å². The van der Waals surface area contributed by atoms with Gasteiger partial charge in [-0.1, -0.05) is 48.0 Å². The van der Waals surface area contributed by atoms with Crippen LogP contribution in [0, 0.1) is 6.92 Å². The number of aryl methyl sites for hydroxylation is 1. The SMILES string of the molecule is COC(=O)c1cccc(N2C(=O)C(Cl)=C(Nc3ccc(CC(=O)Nc4ccccc4C)cc3)C2=O)c1. The van der Waals surface area contributed by atoms with E-state index in [2.05, 4.69) is 10.6 Å². The summed E-state index contributed by atoms with van der Waals surface area (Å²) in [5.74, 6) is -2.12. The number of benzene rings is 3. The number of carbonyl (C=O) groups excluding carboxylic acids is 4. The van der Waals surface area contributed by atoms with E-state index in [1.807, 2.05) is 31.2 Å². The first-order chi connectivity index (χ1) is 17.3. The number of ether oxygens (including phenoxy) is 1. The first-order valence-corrected chi connectivity index (χ1v) is 11.3. The summed E-state index contributed by atoms with van der Waals surface area (Å²) in [6, 6.07) is 20.3. The molecule has 9 heteroatoms. The Labute approximate surface area is 212 Å². The van der Waals surface area contributed by atoms with Crippen LogP contribution in [0.3, 0.4) is 0 Å². The lowest BCUT2D eigenvalue weighted by atomic mass is 10.1. The summed E-state index contributed by atoms with van der Waals surface area (Å²) < 4.78 is 4.70. The zero-order valence-corrected chi connectivity index (χ0v) is 20.3. The van der Waals surface area contributed by atoms with Gasteiger partial charge in [-0.2, -0.15) is 0 Å². The molecule has 3 aromatic rings. The monoisotopic (exact) mass is 503 g/mol. The molecule has 36 heavy (non-hydrogen) atoms. The molecule has 0 fully saturated rings. The molecule has 0 saturated carbocycles. The van der Waals surface area contributed by atoms with Gasteiger partial charge in [0, 0.05) is 11.4 Å². The van der Waals surface area contributed by atoms with Gasteiger partial charge in [0.1, 0.15) is 10.7 Å². The molecule has 0 atom stereocenters. The maximum atomic E-state index is 13.0. The van der Waals surface area contributed by atoms with E-state index >= 15 is 0 Å². The van der Waals surface area contributed by atoms with Gasteiger partial charge >= 0.3 is 5.97 Å². The molecule has 0 aromatic heterocycles. The van der Waals surface area contributed by atoms with Crippen molar-refractivity contribution in [2.24, 2.45) is 0 Å². The largest absolute Gasteiger partial charge is 0.465 e. The Morgan fingerprint density at radius 1 is 0.944 bits per heavy atom. The highest BCUT2D eigenvalue weighted by atomic mass is 35.5. The van der Waals surface area contributed by atoms with E-state index in [0.29, 0.717) is 5.69 Å². The van der Waals surface area contributed by atoms with Crippen LogP contribution < -0.4 is 15.5 Å². The third-order valence-corrected chi connectivity index (χ3v) is 5.91. The van der Waals surface area contributed by atoms with Crippen molar-refractivity contribution in [1.82, 2.24) is 0 Å². The van der Waals surface area contributed by atoms with Crippen LogP contribution in [0.25, 0.3) is 0 Å². The van der Waals surface area contributed by atoms with Crippen molar-refractivity contribution in [2.45, 2.75) is 13.3 Å². The molecule has 8 nitrogen and oxygen atoms in total. The molecule has 3 aromatic carbocycles. The quantitative estimate of drug-likeness (QED) is 0.366. The topological polar surface area (TPSA) is 105 Å². The first kappa shape index (κ1) is 24.7. The Morgan fingerprint density at radius 3 is 2.36 bits per heavy atom. The molecule has 0 saturated heterocycles. The molecule has 1 heterocycles. The molecule has 0 aliphatic carbocycles. The molecule has 4 rings (SSSR count). The van der Waals surface area contributed by atoms with Crippen molar-refractivity contribution >= 4 is 52.4 Å². The fourth-order valence-electron chi connectivity index (χ4n) is 3.68. The van der Waals surface area contributed by atoms with Crippen LogP contribution in [0.5, 0.6) is 0 Å². The number of halogens is 1. The van der Waals surface area contributed by atoms with E-state index in [1.165, 1.54) is 31.4 Å². The number of amides is 3. The Balaban J connectivity index is 1.44. The van der Waals surface area contributed by atoms with Gasteiger partial charge in [-0.3, -0.25) is 14.4 Å². The molecular weight excluding hydrogens is 482 g/mol. The third-order valence-electron chi connectivity index (χ3n) is 5.56. The predicted molar refractivity (Wildman–Crippen MR) is 137 cm³/mol. The lowest BCUT2D eigenvalue weighted by Crippen LogP contribution is -2.32. The highest BCUT2D eigenvalue weighted by Gasteiger charge is 2.39. The molecule has 0 radical (unpaired) electrons. The molecule has 1 aliphatic heterocycles. The van der Waals surface area contributed by atoms with Crippen LogP contribution >= 0.6 is 11.6 Å². The van der Waals surface area contributed by atoms with Gasteiger partial charge in [-0.05, 0) is 54.4 Å². The Hall–Kier alpha value is -4.43. The van der Waals surface area contributed by atoms with Crippen LogP contribution in [0.15, 0.2) is 83.5 Å². The molecule has 2 N–H and O–H groups in total. The van der Waals surface area contributed by atoms with Crippen LogP contribution in [0.4, 0.5) is 17.1 Å². The van der Waals surface area contributed by atoms with Gasteiger partial charge in [0.15, 0.2) is 0 Å². The first-order valence-electron chi connectivity index (χ1n) is 11.0. The van der Waals surface area contributed by atoms with Crippen LogP contribution in [0.2, 0.25) is 0 Å². The number of anilines is 3. The Kier molecular flexibility index (Phi) is 7.17. The minimum Gasteiger partial charge on any atom is -0.465 e. The van der Waals surface area contributed by atoms with Crippen LogP contribution in [-0.2, 0) is 25.5 Å². The van der Waals surface area contributed by atoms with E-state index in [1.54, 1.807) is 24.3 Å². The zero-order chi connectivity index (χ0) is 25.8. The number of esters is 1. The molecule has 0 unspecified atom stereocenters. The maximum Gasteiger partial charge on any atom is 0.337 e. The van der Waals surface area contributed by atoms with Crippen LogP contribution in [0.1, 0.15) is 21.5 Å². The summed E-state index contributed by atoms with van der Waals surface area (Å²) in [6.45, 7) is 1.92. The summed E-state index contributed by atoms with van der Waals surface area (Å²) in [6.07, 6.45) is 0.166. The summed E-state index contributed by atoms with van der Waals surface area (Å²) >= 11 is 6.20. The molecule has 3 amide bonds. The minimum atomic E-state index is -0.712. The second-order valence-corrected chi connectivity index (χ2v) is 8.42. The van der Waals surface area contributed by atoms with E-state index in [0.717, 1.165) is 21.7 Å². The normalized spacial score (nSPS) is 13.1. The summed E-state index contributed by atoms with van der Waals surface area (Å²) in [4.78, 5) is 50.9. The summed E-state index contributed by atoms with van der Waals surface area (Å²) in [5, 5.41) is 5.50. The number of hydrogen-bond donors (Lipinski definition) is 2. The van der Waals surface area contributed by atoms with Crippen LogP contribution in [-0.4, -0.2) is 30.8 Å². The summed E-state index contributed by atoms with van der Waals surface area (Å²) in [5.41, 5.74) is 3.30. The van der Waals surface area contributed by atoms with Gasteiger partial charge in [0.05, 0.1) is 24.8 Å².